The van der Waals surface area contributed by atoms with Crippen LogP contribution in [0, 0.1) is 0 Å². The lowest BCUT2D eigenvalue weighted by molar-refractivity contribution is -0.167. The van der Waals surface area contributed by atoms with Crippen molar-refractivity contribution in [2.75, 3.05) is 13.2 Å². The SMILES string of the molecule is CC/C=C/C/C=C/C/C=C/CCCCCCCC(=O)OC[C@H](COC(=O)CCCCC/C=C/C/C=C/C/C=C/C/C=C/CCCCC)OC(=O)CCCCCCCCCCCCCCCCCCCC. The van der Waals surface area contributed by atoms with Crippen molar-refractivity contribution in [2.45, 2.75) is 290 Å². The first kappa shape index (κ1) is 66.6. The molecule has 0 aromatic carbocycles. The first-order valence-electron chi connectivity index (χ1n) is 29.6. The standard InChI is InChI=1S/C64H110O6/c1-4-7-10-13-16-19-22-25-28-30-32-34-36-39-42-45-48-51-54-57-63(66)69-60-61(59-68-62(65)56-53-50-47-44-41-38-35-27-24-21-18-15-12-9-6-3)70-64(67)58-55-52-49-46-43-40-37-33-31-29-26-23-20-17-14-11-8-5-2/h9,12,16,18-19,21,25,27-28,32,34-35,39,42,61H,4-8,10-11,13-15,17,20,22-24,26,29-31,33,36-38,40-41,43-60H2,1-3H3/b12-9+,19-16+,21-18+,28-25+,34-32+,35-27+,42-39+/t61-/m1/s1. The summed E-state index contributed by atoms with van der Waals surface area (Å²) < 4.78 is 16.9. The molecule has 0 amide bonds. The van der Waals surface area contributed by atoms with Gasteiger partial charge in [-0.2, -0.15) is 0 Å². The van der Waals surface area contributed by atoms with Gasteiger partial charge in [0.1, 0.15) is 13.2 Å². The number of carbonyl (C=O) groups excluding carboxylic acids is 3. The number of hydrogen-bond acceptors (Lipinski definition) is 6. The largest absolute Gasteiger partial charge is 0.462 e. The lowest BCUT2D eigenvalue weighted by atomic mass is 10.0. The van der Waals surface area contributed by atoms with Gasteiger partial charge in [-0.3, -0.25) is 14.4 Å². The summed E-state index contributed by atoms with van der Waals surface area (Å²) >= 11 is 0. The van der Waals surface area contributed by atoms with Crippen LogP contribution in [0.25, 0.3) is 0 Å². The third kappa shape index (κ3) is 55.5. The van der Waals surface area contributed by atoms with E-state index in [0.717, 1.165) is 122 Å². The average molecular weight is 976 g/mol. The minimum absolute atomic E-state index is 0.0942. The monoisotopic (exact) mass is 975 g/mol. The molecule has 0 bridgehead atoms. The van der Waals surface area contributed by atoms with Gasteiger partial charge in [0, 0.05) is 19.3 Å². The molecule has 0 rings (SSSR count). The Morgan fingerprint density at radius 3 is 0.914 bits per heavy atom. The Morgan fingerprint density at radius 1 is 0.300 bits per heavy atom. The maximum atomic E-state index is 12.9. The van der Waals surface area contributed by atoms with Crippen molar-refractivity contribution in [3.63, 3.8) is 0 Å². The molecule has 0 saturated carbocycles. The van der Waals surface area contributed by atoms with Gasteiger partial charge in [0.25, 0.3) is 0 Å². The fraction of sp³-hybridized carbons (Fsp3) is 0.734. The number of carbonyl (C=O) groups is 3. The molecule has 402 valence electrons. The summed E-state index contributed by atoms with van der Waals surface area (Å²) in [5, 5.41) is 0. The number of rotatable bonds is 53. The molecule has 0 heterocycles. The van der Waals surface area contributed by atoms with Crippen molar-refractivity contribution in [1.29, 1.82) is 0 Å². The number of hydrogen-bond donors (Lipinski definition) is 0. The third-order valence-corrected chi connectivity index (χ3v) is 12.6. The number of esters is 3. The Hall–Kier alpha value is -3.41. The summed E-state index contributed by atoms with van der Waals surface area (Å²) in [6.45, 7) is 6.48. The second-order valence-electron chi connectivity index (χ2n) is 19.5. The van der Waals surface area contributed by atoms with Gasteiger partial charge in [-0.25, -0.2) is 0 Å². The van der Waals surface area contributed by atoms with E-state index >= 15 is 0 Å². The molecule has 0 aromatic rings. The first-order chi connectivity index (χ1) is 34.5. The molecule has 70 heavy (non-hydrogen) atoms. The summed E-state index contributed by atoms with van der Waals surface area (Å²) in [5.41, 5.74) is 0. The minimum atomic E-state index is -0.796. The van der Waals surface area contributed by atoms with Crippen LogP contribution in [0.2, 0.25) is 0 Å². The van der Waals surface area contributed by atoms with Crippen LogP contribution >= 0.6 is 0 Å². The molecule has 0 N–H and O–H groups in total. The van der Waals surface area contributed by atoms with Gasteiger partial charge in [-0.05, 0) is 96.3 Å². The van der Waals surface area contributed by atoms with Crippen LogP contribution in [-0.2, 0) is 28.6 Å². The first-order valence-corrected chi connectivity index (χ1v) is 29.6. The van der Waals surface area contributed by atoms with Gasteiger partial charge in [-0.1, -0.05) is 254 Å². The van der Waals surface area contributed by atoms with Crippen LogP contribution in [0.3, 0.4) is 0 Å². The molecule has 0 spiro atoms. The van der Waals surface area contributed by atoms with Crippen LogP contribution in [0.15, 0.2) is 85.1 Å². The molecule has 1 atom stereocenters. The van der Waals surface area contributed by atoms with Gasteiger partial charge < -0.3 is 14.2 Å². The Bertz CT molecular complexity index is 1350. The summed E-state index contributed by atoms with van der Waals surface area (Å²) in [4.78, 5) is 38.2. The molecule has 6 nitrogen and oxygen atoms in total. The smallest absolute Gasteiger partial charge is 0.306 e. The summed E-state index contributed by atoms with van der Waals surface area (Å²) in [5.74, 6) is -0.931. The van der Waals surface area contributed by atoms with Crippen LogP contribution in [0.4, 0.5) is 0 Å². The highest BCUT2D eigenvalue weighted by Crippen LogP contribution is 2.16. The number of allylic oxidation sites excluding steroid dienone is 14. The van der Waals surface area contributed by atoms with E-state index in [2.05, 4.69) is 106 Å². The van der Waals surface area contributed by atoms with Crippen molar-refractivity contribution >= 4 is 17.9 Å². The van der Waals surface area contributed by atoms with Crippen molar-refractivity contribution < 1.29 is 28.6 Å². The van der Waals surface area contributed by atoms with Crippen LogP contribution in [0.5, 0.6) is 0 Å². The molecule has 0 aromatic heterocycles. The zero-order valence-electron chi connectivity index (χ0n) is 46.0. The summed E-state index contributed by atoms with van der Waals surface area (Å²) in [6.07, 6.45) is 75.7. The fourth-order valence-electron chi connectivity index (χ4n) is 8.21. The predicted molar refractivity (Wildman–Crippen MR) is 302 cm³/mol. The van der Waals surface area contributed by atoms with Gasteiger partial charge >= 0.3 is 17.9 Å². The molecular formula is C64H110O6. The van der Waals surface area contributed by atoms with E-state index in [0.29, 0.717) is 19.3 Å². The molecule has 0 saturated heterocycles. The molecule has 6 heteroatoms. The van der Waals surface area contributed by atoms with Crippen LogP contribution in [-0.4, -0.2) is 37.2 Å². The molecule has 0 fully saturated rings. The highest BCUT2D eigenvalue weighted by molar-refractivity contribution is 5.71. The van der Waals surface area contributed by atoms with Gasteiger partial charge in [0.15, 0.2) is 6.10 Å². The van der Waals surface area contributed by atoms with Crippen molar-refractivity contribution in [3.8, 4) is 0 Å². The summed E-state index contributed by atoms with van der Waals surface area (Å²) in [7, 11) is 0. The van der Waals surface area contributed by atoms with Gasteiger partial charge in [-0.15, -0.1) is 0 Å². The Labute approximate surface area is 433 Å². The Kier molecular flexibility index (Phi) is 55.3. The van der Waals surface area contributed by atoms with E-state index < -0.39 is 6.10 Å². The van der Waals surface area contributed by atoms with E-state index in [1.54, 1.807) is 0 Å². The zero-order valence-corrected chi connectivity index (χ0v) is 46.0. The minimum Gasteiger partial charge on any atom is -0.462 e. The average Bonchev–Trinajstić information content (AvgIpc) is 3.36. The van der Waals surface area contributed by atoms with E-state index in [-0.39, 0.29) is 31.1 Å². The molecule has 0 aliphatic rings. The number of unbranched alkanes of at least 4 members (excludes halogenated alkanes) is 28. The van der Waals surface area contributed by atoms with Gasteiger partial charge in [0.2, 0.25) is 0 Å². The van der Waals surface area contributed by atoms with Gasteiger partial charge in [0.05, 0.1) is 0 Å². The van der Waals surface area contributed by atoms with Crippen molar-refractivity contribution in [3.05, 3.63) is 85.1 Å². The highest BCUT2D eigenvalue weighted by atomic mass is 16.6. The highest BCUT2D eigenvalue weighted by Gasteiger charge is 2.19. The number of ether oxygens (including phenoxy) is 3. The normalized spacial score (nSPS) is 12.7. The lowest BCUT2D eigenvalue weighted by Crippen LogP contribution is -2.30. The maximum absolute atomic E-state index is 12.9. The van der Waals surface area contributed by atoms with E-state index in [9.17, 15) is 14.4 Å². The van der Waals surface area contributed by atoms with Crippen LogP contribution < -0.4 is 0 Å². The van der Waals surface area contributed by atoms with Crippen LogP contribution in [0.1, 0.15) is 284 Å². The van der Waals surface area contributed by atoms with E-state index in [1.165, 1.54) is 122 Å². The molecule has 0 unspecified atom stereocenters. The second-order valence-corrected chi connectivity index (χ2v) is 19.5. The fourth-order valence-corrected chi connectivity index (χ4v) is 8.21. The maximum Gasteiger partial charge on any atom is 0.306 e. The third-order valence-electron chi connectivity index (χ3n) is 12.6. The van der Waals surface area contributed by atoms with Crippen molar-refractivity contribution in [1.82, 2.24) is 0 Å². The molecular weight excluding hydrogens is 865 g/mol. The zero-order chi connectivity index (χ0) is 50.7. The Morgan fingerprint density at radius 2 is 0.557 bits per heavy atom. The molecule has 0 aliphatic carbocycles. The van der Waals surface area contributed by atoms with E-state index in [1.807, 2.05) is 0 Å². The summed E-state index contributed by atoms with van der Waals surface area (Å²) in [6, 6.07) is 0. The quantitative estimate of drug-likeness (QED) is 0.0261. The van der Waals surface area contributed by atoms with E-state index in [4.69, 9.17) is 14.2 Å². The second kappa shape index (κ2) is 58.2. The predicted octanol–water partition coefficient (Wildman–Crippen LogP) is 19.9. The lowest BCUT2D eigenvalue weighted by Gasteiger charge is -2.18. The molecule has 0 aliphatic heterocycles. The Balaban J connectivity index is 4.44. The van der Waals surface area contributed by atoms with Crippen molar-refractivity contribution in [2.24, 2.45) is 0 Å². The molecule has 0 radical (unpaired) electrons. The topological polar surface area (TPSA) is 78.9 Å².